The first-order valence-electron chi connectivity index (χ1n) is 2.11. The van der Waals surface area contributed by atoms with Crippen molar-refractivity contribution in [3.8, 4) is 0 Å². The van der Waals surface area contributed by atoms with E-state index in [9.17, 15) is 10.4 Å². The Hall–Kier alpha value is -1.06. The van der Waals surface area contributed by atoms with E-state index in [1.54, 1.807) is 0 Å². The van der Waals surface area contributed by atoms with Gasteiger partial charge in [-0.3, -0.25) is 0 Å². The molecule has 0 aliphatic rings. The highest BCUT2D eigenvalue weighted by Gasteiger charge is 1.77. The van der Waals surface area contributed by atoms with E-state index >= 15 is 0 Å². The van der Waals surface area contributed by atoms with E-state index in [4.69, 9.17) is 0 Å². The molecule has 0 aromatic carbocycles. The molecule has 0 aromatic rings. The summed E-state index contributed by atoms with van der Waals surface area (Å²) in [5, 5.41) is 20.0. The van der Waals surface area contributed by atoms with E-state index in [1.807, 2.05) is 0 Å². The zero-order valence-corrected chi connectivity index (χ0v) is 4.87. The summed E-state index contributed by atoms with van der Waals surface area (Å²) in [6, 6.07) is 0. The van der Waals surface area contributed by atoms with E-state index in [0.717, 1.165) is 12.4 Å². The van der Waals surface area contributed by atoms with Gasteiger partial charge in [-0.15, -0.1) is 0 Å². The molecule has 0 unspecified atom stereocenters. The molecule has 0 bridgehead atoms. The van der Waals surface area contributed by atoms with Gasteiger partial charge in [0.15, 0.2) is 0 Å². The maximum Gasteiger partial charge on any atom is 0.239 e. The first-order valence-corrected chi connectivity index (χ1v) is 2.11. The standard InChI is InChI=1S/C4H8N2O2/c1-5(7)3-4-6(2)8/h3-4H,1-2H3/b5-3-,6-4-. The van der Waals surface area contributed by atoms with Crippen LogP contribution in [0, 0.1) is 10.4 Å². The minimum Gasteiger partial charge on any atom is -0.624 e. The Balaban J connectivity index is 3.76. The summed E-state index contributed by atoms with van der Waals surface area (Å²) >= 11 is 0. The minimum atomic E-state index is 0.550. The van der Waals surface area contributed by atoms with Gasteiger partial charge in [0.05, 0.1) is 0 Å². The normalized spacial score (nSPS) is 14.2. The SMILES string of the molecule is C/[N+]([O-])=C/C=[N+](/C)[O-]. The first kappa shape index (κ1) is 6.94. The van der Waals surface area contributed by atoms with Gasteiger partial charge in [-0.2, -0.15) is 0 Å². The number of hydrogen-bond donors (Lipinski definition) is 0. The van der Waals surface area contributed by atoms with Gasteiger partial charge in [-0.05, 0) is 0 Å². The van der Waals surface area contributed by atoms with Crippen LogP contribution >= 0.6 is 0 Å². The summed E-state index contributed by atoms with van der Waals surface area (Å²) in [5.41, 5.74) is 0. The monoisotopic (exact) mass is 116 g/mol. The third-order valence-corrected chi connectivity index (χ3v) is 0.487. The van der Waals surface area contributed by atoms with Crippen LogP contribution in [0.4, 0.5) is 0 Å². The maximum atomic E-state index is 10.0. The van der Waals surface area contributed by atoms with Gasteiger partial charge in [-0.25, -0.2) is 9.48 Å². The summed E-state index contributed by atoms with van der Waals surface area (Å²) < 4.78 is 1.10. The van der Waals surface area contributed by atoms with Crippen molar-refractivity contribution < 1.29 is 9.48 Å². The minimum absolute atomic E-state index is 0.550. The van der Waals surface area contributed by atoms with Gasteiger partial charge in [0.2, 0.25) is 12.4 Å². The van der Waals surface area contributed by atoms with E-state index < -0.39 is 0 Å². The predicted octanol–water partition coefficient (Wildman–Crippen LogP) is -0.592. The Morgan fingerprint density at radius 1 is 1.00 bits per heavy atom. The van der Waals surface area contributed by atoms with Crippen LogP contribution < -0.4 is 0 Å². The second-order valence-corrected chi connectivity index (χ2v) is 1.39. The second kappa shape index (κ2) is 3.01. The fourth-order valence-corrected chi connectivity index (χ4v) is 0.188. The fourth-order valence-electron chi connectivity index (χ4n) is 0.188. The molecule has 0 aliphatic carbocycles. The highest BCUT2D eigenvalue weighted by Crippen LogP contribution is 1.53. The lowest BCUT2D eigenvalue weighted by molar-refractivity contribution is -0.430. The van der Waals surface area contributed by atoms with Crippen molar-refractivity contribution in [2.45, 2.75) is 0 Å². The van der Waals surface area contributed by atoms with Gasteiger partial charge in [-0.1, -0.05) is 0 Å². The van der Waals surface area contributed by atoms with Crippen molar-refractivity contribution in [1.82, 2.24) is 0 Å². The summed E-state index contributed by atoms with van der Waals surface area (Å²) in [6.45, 7) is 0. The molecule has 0 aliphatic heterocycles. The third-order valence-electron chi connectivity index (χ3n) is 0.487. The molecule has 0 rings (SSSR count). The van der Waals surface area contributed by atoms with Crippen LogP contribution in [0.1, 0.15) is 0 Å². The van der Waals surface area contributed by atoms with Gasteiger partial charge in [0, 0.05) is 0 Å². The van der Waals surface area contributed by atoms with E-state index in [2.05, 4.69) is 0 Å². The molecule has 0 amide bonds. The van der Waals surface area contributed by atoms with Gasteiger partial charge >= 0.3 is 0 Å². The number of nitrogens with zero attached hydrogens (tertiary/aromatic N) is 2. The predicted molar refractivity (Wildman–Crippen MR) is 31.2 cm³/mol. The Labute approximate surface area is 47.5 Å². The van der Waals surface area contributed by atoms with Crippen molar-refractivity contribution in [3.05, 3.63) is 10.4 Å². The molecule has 4 heteroatoms. The van der Waals surface area contributed by atoms with Crippen LogP contribution in [0.15, 0.2) is 0 Å². The molecule has 4 nitrogen and oxygen atoms in total. The van der Waals surface area contributed by atoms with Gasteiger partial charge < -0.3 is 10.4 Å². The lowest BCUT2D eigenvalue weighted by Gasteiger charge is -1.91. The fraction of sp³-hybridized carbons (Fsp3) is 0.500. The zero-order valence-electron chi connectivity index (χ0n) is 4.87. The van der Waals surface area contributed by atoms with Crippen molar-refractivity contribution in [2.24, 2.45) is 0 Å². The van der Waals surface area contributed by atoms with Crippen LogP contribution in [-0.2, 0) is 0 Å². The smallest absolute Gasteiger partial charge is 0.239 e. The lowest BCUT2D eigenvalue weighted by atomic mass is 10.8. The summed E-state index contributed by atoms with van der Waals surface area (Å²) in [4.78, 5) is 0. The molecule has 46 valence electrons. The Morgan fingerprint density at radius 3 is 1.38 bits per heavy atom. The quantitative estimate of drug-likeness (QED) is 0.199. The van der Waals surface area contributed by atoms with Gasteiger partial charge in [0.1, 0.15) is 14.1 Å². The van der Waals surface area contributed by atoms with E-state index in [1.165, 1.54) is 14.1 Å². The third kappa shape index (κ3) is 4.94. The molecule has 0 spiro atoms. The average molecular weight is 116 g/mol. The second-order valence-electron chi connectivity index (χ2n) is 1.39. The Kier molecular flexibility index (Phi) is 2.61. The average Bonchev–Trinajstić information content (AvgIpc) is 1.61. The van der Waals surface area contributed by atoms with Crippen molar-refractivity contribution in [3.63, 3.8) is 0 Å². The molecule has 0 saturated heterocycles. The summed E-state index contributed by atoms with van der Waals surface area (Å²) in [5.74, 6) is 0. The van der Waals surface area contributed by atoms with Crippen molar-refractivity contribution >= 4 is 12.4 Å². The highest BCUT2D eigenvalue weighted by atomic mass is 16.5. The van der Waals surface area contributed by atoms with Crippen LogP contribution in [-0.4, -0.2) is 36.0 Å². The Morgan fingerprint density at radius 2 is 1.25 bits per heavy atom. The molecule has 8 heavy (non-hydrogen) atoms. The van der Waals surface area contributed by atoms with Gasteiger partial charge in [0.25, 0.3) is 0 Å². The van der Waals surface area contributed by atoms with Crippen molar-refractivity contribution in [1.29, 1.82) is 0 Å². The maximum absolute atomic E-state index is 10.0. The van der Waals surface area contributed by atoms with Crippen molar-refractivity contribution in [2.75, 3.05) is 14.1 Å². The van der Waals surface area contributed by atoms with Crippen LogP contribution in [0.3, 0.4) is 0 Å². The van der Waals surface area contributed by atoms with E-state index in [0.29, 0.717) is 9.48 Å². The topological polar surface area (TPSA) is 52.1 Å². The van der Waals surface area contributed by atoms with Crippen LogP contribution in [0.2, 0.25) is 0 Å². The molecule has 0 aromatic heterocycles. The highest BCUT2D eigenvalue weighted by molar-refractivity contribution is 6.10. The number of rotatable bonds is 1. The first-order chi connectivity index (χ1) is 3.63. The molecule has 0 N–H and O–H groups in total. The number of hydrogen-bond acceptors (Lipinski definition) is 2. The summed E-state index contributed by atoms with van der Waals surface area (Å²) in [7, 11) is 2.61. The molecule has 0 fully saturated rings. The largest absolute Gasteiger partial charge is 0.624 e. The Bertz CT molecular complexity index is 104. The summed E-state index contributed by atoms with van der Waals surface area (Å²) in [6.07, 6.45) is 2.26. The molecule has 0 heterocycles. The lowest BCUT2D eigenvalue weighted by Crippen LogP contribution is -2.03. The molecule has 0 atom stereocenters. The van der Waals surface area contributed by atoms with Crippen LogP contribution in [0.5, 0.6) is 0 Å². The molecular formula is C4H8N2O2. The van der Waals surface area contributed by atoms with Crippen LogP contribution in [0.25, 0.3) is 0 Å². The molecular weight excluding hydrogens is 108 g/mol. The molecule has 0 saturated carbocycles. The van der Waals surface area contributed by atoms with E-state index in [-0.39, 0.29) is 0 Å². The number of hydroxylamine groups is 2. The molecule has 0 radical (unpaired) electrons. The zero-order chi connectivity index (χ0) is 6.57.